The van der Waals surface area contributed by atoms with E-state index in [-0.39, 0.29) is 58.1 Å². The fourth-order valence-electron chi connectivity index (χ4n) is 4.54. The molecule has 1 amide bonds. The van der Waals surface area contributed by atoms with Crippen LogP contribution in [0.1, 0.15) is 36.3 Å². The third kappa shape index (κ3) is 4.21. The summed E-state index contributed by atoms with van der Waals surface area (Å²) < 4.78 is 55.9. The molecule has 0 aliphatic carbocycles. The number of fused-ring (bicyclic) bond motifs is 3. The number of rotatable bonds is 7. The van der Waals surface area contributed by atoms with Crippen LogP contribution in [0.2, 0.25) is 0 Å². The number of halogens is 2. The van der Waals surface area contributed by atoms with Crippen molar-refractivity contribution in [1.29, 1.82) is 0 Å². The Hall–Kier alpha value is -4.49. The summed E-state index contributed by atoms with van der Waals surface area (Å²) in [6.45, 7) is -1.90. The number of hydrogen-bond donors (Lipinski definition) is 3. The van der Waals surface area contributed by atoms with Crippen molar-refractivity contribution in [3.05, 3.63) is 77.3 Å². The summed E-state index contributed by atoms with van der Waals surface area (Å²) >= 11 is 0. The molecule has 2 aromatic carbocycles. The van der Waals surface area contributed by atoms with E-state index in [1.54, 1.807) is 4.90 Å². The quantitative estimate of drug-likeness (QED) is 0.331. The molecule has 4 aromatic rings. The second-order valence-electron chi connectivity index (χ2n) is 8.56. The highest BCUT2D eigenvalue weighted by Gasteiger charge is 2.41. The van der Waals surface area contributed by atoms with Gasteiger partial charge in [0.2, 0.25) is 12.3 Å². The van der Waals surface area contributed by atoms with Crippen molar-refractivity contribution >= 4 is 23.4 Å². The SMILES string of the molecule is [2H]C([2H])(O)[C@@H](Nc1nc(Nc2ccc3c(c2F)C2COCCN2C3=O)ncc1-c1nnco1)c1ccc(F)cc1. The average Bonchev–Trinajstić information content (AvgIpc) is 3.57. The number of aromatic nitrogens is 4. The molecule has 4 heterocycles. The molecule has 38 heavy (non-hydrogen) atoms. The first-order chi connectivity index (χ1) is 19.2. The highest BCUT2D eigenvalue weighted by atomic mass is 19.1. The molecule has 0 bridgehead atoms. The van der Waals surface area contributed by atoms with Gasteiger partial charge in [0.1, 0.15) is 11.6 Å². The maximum Gasteiger partial charge on any atom is 0.255 e. The molecule has 2 aromatic heterocycles. The van der Waals surface area contributed by atoms with Crippen molar-refractivity contribution in [3.8, 4) is 11.5 Å². The number of carbonyl (C=O) groups is 1. The first kappa shape index (κ1) is 21.6. The van der Waals surface area contributed by atoms with Crippen LogP contribution in [-0.2, 0) is 4.74 Å². The van der Waals surface area contributed by atoms with Crippen molar-refractivity contribution in [1.82, 2.24) is 25.1 Å². The van der Waals surface area contributed by atoms with Gasteiger partial charge in [0.15, 0.2) is 5.82 Å². The van der Waals surface area contributed by atoms with Crippen molar-refractivity contribution < 1.29 is 30.6 Å². The number of benzene rings is 2. The maximum absolute atomic E-state index is 15.7. The monoisotopic (exact) mass is 523 g/mol. The topological polar surface area (TPSA) is 139 Å². The lowest BCUT2D eigenvalue weighted by Crippen LogP contribution is -2.38. The molecule has 0 spiro atoms. The number of morpholine rings is 1. The number of nitrogens with zero attached hydrogens (tertiary/aromatic N) is 5. The van der Waals surface area contributed by atoms with Crippen molar-refractivity contribution in [2.24, 2.45) is 0 Å². The molecule has 194 valence electrons. The molecule has 0 saturated carbocycles. The lowest BCUT2D eigenvalue weighted by molar-refractivity contribution is 0.00376. The van der Waals surface area contributed by atoms with Crippen LogP contribution in [0.15, 0.2) is 53.4 Å². The fraction of sp³-hybridized carbons (Fsp3) is 0.240. The van der Waals surface area contributed by atoms with Gasteiger partial charge in [-0.1, -0.05) is 12.1 Å². The summed E-state index contributed by atoms with van der Waals surface area (Å²) in [5.41, 5.74) is 0.866. The first-order valence-electron chi connectivity index (χ1n) is 12.6. The predicted molar refractivity (Wildman–Crippen MR) is 129 cm³/mol. The number of aliphatic hydroxyl groups is 1. The molecular weight excluding hydrogens is 500 g/mol. The zero-order valence-electron chi connectivity index (χ0n) is 21.6. The highest BCUT2D eigenvalue weighted by molar-refractivity contribution is 6.00. The maximum atomic E-state index is 15.7. The molecule has 3 N–H and O–H groups in total. The molecule has 2 atom stereocenters. The van der Waals surface area contributed by atoms with E-state index >= 15 is 4.39 Å². The summed E-state index contributed by atoms with van der Waals surface area (Å²) in [5.74, 6) is -1.60. The van der Waals surface area contributed by atoms with E-state index in [4.69, 9.17) is 11.9 Å². The van der Waals surface area contributed by atoms with Crippen LogP contribution in [0.3, 0.4) is 0 Å². The van der Waals surface area contributed by atoms with Gasteiger partial charge in [-0.15, -0.1) is 10.2 Å². The summed E-state index contributed by atoms with van der Waals surface area (Å²) in [6, 6.07) is 5.85. The smallest absolute Gasteiger partial charge is 0.255 e. The standard InChI is InChI=1S/C25H21F2N7O4/c26-14-3-1-13(2-4-14)18(10-35)30-22-16(23-33-29-12-38-23)9-28-25(32-22)31-17-6-5-15-20(21(17)27)19-11-37-8-7-34(19)24(15)36/h1-6,9,12,18-19,35H,7-8,10-11H2,(H2,28,30,31,32)/t18-,19?/m1/s1/i10D2. The minimum absolute atomic E-state index is 0.00281. The fourth-order valence-corrected chi connectivity index (χ4v) is 4.54. The summed E-state index contributed by atoms with van der Waals surface area (Å²) in [6.07, 6.45) is 2.37. The van der Waals surface area contributed by atoms with E-state index in [0.29, 0.717) is 13.2 Å². The first-order valence-corrected chi connectivity index (χ1v) is 11.6. The Morgan fingerprint density at radius 1 is 1.21 bits per heavy atom. The van der Waals surface area contributed by atoms with Crippen LogP contribution in [0.5, 0.6) is 0 Å². The van der Waals surface area contributed by atoms with Crippen LogP contribution in [0, 0.1) is 11.6 Å². The Morgan fingerprint density at radius 2 is 2.05 bits per heavy atom. The summed E-state index contributed by atoms with van der Waals surface area (Å²) in [5, 5.41) is 23.4. The zero-order valence-corrected chi connectivity index (χ0v) is 19.6. The molecule has 6 rings (SSSR count). The molecule has 11 nitrogen and oxygen atoms in total. The van der Waals surface area contributed by atoms with Gasteiger partial charge in [0.05, 0.1) is 45.8 Å². The number of ether oxygens (including phenoxy) is 1. The van der Waals surface area contributed by atoms with Gasteiger partial charge in [-0.3, -0.25) is 4.79 Å². The third-order valence-electron chi connectivity index (χ3n) is 6.37. The van der Waals surface area contributed by atoms with Crippen LogP contribution >= 0.6 is 0 Å². The van der Waals surface area contributed by atoms with Gasteiger partial charge in [-0.2, -0.15) is 4.98 Å². The van der Waals surface area contributed by atoms with E-state index in [0.717, 1.165) is 18.5 Å². The highest BCUT2D eigenvalue weighted by Crippen LogP contribution is 2.40. The number of amides is 1. The van der Waals surface area contributed by atoms with E-state index in [2.05, 4.69) is 30.8 Å². The van der Waals surface area contributed by atoms with Gasteiger partial charge >= 0.3 is 0 Å². The van der Waals surface area contributed by atoms with E-state index in [9.17, 15) is 14.3 Å². The van der Waals surface area contributed by atoms with E-state index < -0.39 is 30.3 Å². The molecule has 13 heteroatoms. The number of nitrogens with one attached hydrogen (secondary N) is 2. The second-order valence-corrected chi connectivity index (χ2v) is 8.56. The number of carbonyl (C=O) groups excluding carboxylic acids is 1. The minimum atomic E-state index is -2.82. The molecule has 1 unspecified atom stereocenters. The minimum Gasteiger partial charge on any atom is -0.423 e. The molecule has 0 radical (unpaired) electrons. The van der Waals surface area contributed by atoms with Crippen LogP contribution < -0.4 is 10.6 Å². The lowest BCUT2D eigenvalue weighted by Gasteiger charge is -2.30. The van der Waals surface area contributed by atoms with Crippen LogP contribution in [0.4, 0.5) is 26.2 Å². The molecule has 1 fully saturated rings. The van der Waals surface area contributed by atoms with E-state index in [1.165, 1.54) is 30.5 Å². The van der Waals surface area contributed by atoms with Crippen LogP contribution in [-0.4, -0.2) is 62.4 Å². The zero-order chi connectivity index (χ0) is 28.0. The Morgan fingerprint density at radius 3 is 2.82 bits per heavy atom. The van der Waals surface area contributed by atoms with Crippen LogP contribution in [0.25, 0.3) is 11.5 Å². The average molecular weight is 523 g/mol. The Bertz CT molecular complexity index is 1570. The number of hydrogen-bond acceptors (Lipinski definition) is 10. The summed E-state index contributed by atoms with van der Waals surface area (Å²) in [4.78, 5) is 22.9. The number of anilines is 3. The van der Waals surface area contributed by atoms with Gasteiger partial charge < -0.3 is 29.8 Å². The second kappa shape index (κ2) is 9.76. The Kier molecular flexibility index (Phi) is 5.54. The molecule has 1 saturated heterocycles. The van der Waals surface area contributed by atoms with Crippen molar-refractivity contribution in [2.45, 2.75) is 12.1 Å². The Labute approximate surface area is 217 Å². The van der Waals surface area contributed by atoms with Gasteiger partial charge in [-0.25, -0.2) is 13.8 Å². The lowest BCUT2D eigenvalue weighted by atomic mass is 10.0. The van der Waals surface area contributed by atoms with Gasteiger partial charge in [-0.05, 0) is 29.8 Å². The third-order valence-corrected chi connectivity index (χ3v) is 6.37. The summed E-state index contributed by atoms with van der Waals surface area (Å²) in [7, 11) is 0. The largest absolute Gasteiger partial charge is 0.423 e. The molecule has 2 aliphatic heterocycles. The van der Waals surface area contributed by atoms with Crippen molar-refractivity contribution in [2.75, 3.05) is 37.0 Å². The predicted octanol–water partition coefficient (Wildman–Crippen LogP) is 3.22. The Balaban J connectivity index is 1.37. The van der Waals surface area contributed by atoms with Crippen molar-refractivity contribution in [3.63, 3.8) is 0 Å². The molecular formula is C25H21F2N7O4. The van der Waals surface area contributed by atoms with Gasteiger partial charge in [0, 0.05) is 23.9 Å². The van der Waals surface area contributed by atoms with E-state index in [1.807, 2.05) is 0 Å². The molecule has 2 aliphatic rings. The normalized spacial score (nSPS) is 18.3. The van der Waals surface area contributed by atoms with Gasteiger partial charge in [0.25, 0.3) is 11.8 Å².